The van der Waals surface area contributed by atoms with E-state index in [1.807, 2.05) is 12.1 Å². The average Bonchev–Trinajstić information content (AvgIpc) is 2.54. The molecule has 2 N–H and O–H groups in total. The number of carboxylic acid groups (broad SMARTS) is 2. The molecule has 0 fully saturated rings. The minimum atomic E-state index is -1.36. The third kappa shape index (κ3) is 6.29. The molecule has 0 aromatic heterocycles. The van der Waals surface area contributed by atoms with Crippen LogP contribution in [-0.2, 0) is 14.2 Å². The van der Waals surface area contributed by atoms with Crippen molar-refractivity contribution in [1.29, 1.82) is 0 Å². The smallest absolute Gasteiger partial charge is 0.318 e. The highest BCUT2D eigenvalue weighted by molar-refractivity contribution is 7.26. The molecule has 0 spiro atoms. The minimum Gasteiger partial charge on any atom is -0.481 e. The third-order valence-electron chi connectivity index (χ3n) is 2.66. The summed E-state index contributed by atoms with van der Waals surface area (Å²) in [6, 6.07) is 20.8. The monoisotopic (exact) mass is 318 g/mol. The summed E-state index contributed by atoms with van der Waals surface area (Å²) in [4.78, 5) is 19.9. The Kier molecular flexibility index (Phi) is 7.51. The maximum atomic E-state index is 10.00. The van der Waals surface area contributed by atoms with Crippen LogP contribution >= 0.6 is 8.46 Å². The molecule has 2 rings (SSSR count). The van der Waals surface area contributed by atoms with Gasteiger partial charge in [0.05, 0.1) is 6.42 Å². The highest BCUT2D eigenvalue weighted by Gasteiger charge is 2.20. The predicted molar refractivity (Wildman–Crippen MR) is 83.2 cm³/mol. The Hall–Kier alpha value is -2.52. The molecule has 2 aromatic rings. The largest absolute Gasteiger partial charge is 0.481 e. The van der Waals surface area contributed by atoms with Crippen LogP contribution in [0.2, 0.25) is 0 Å². The van der Waals surface area contributed by atoms with Gasteiger partial charge in [-0.3, -0.25) is 14.2 Å². The van der Waals surface area contributed by atoms with Gasteiger partial charge in [0.1, 0.15) is 5.66 Å². The standard InChI is InChI=1S/C12H10.C4H5O5P/c1-3-7-11(8-4-1)12-9-5-2-6-10-12;5-3(6)1-2(10-9)4(7)8/h1-10H;2H,1H2,(H,5,6)(H,7,8). The van der Waals surface area contributed by atoms with E-state index in [1.165, 1.54) is 11.1 Å². The van der Waals surface area contributed by atoms with Crippen LogP contribution in [-0.4, -0.2) is 27.8 Å². The lowest BCUT2D eigenvalue weighted by molar-refractivity contribution is -0.143. The summed E-state index contributed by atoms with van der Waals surface area (Å²) in [5.74, 6) is -2.63. The highest BCUT2D eigenvalue weighted by atomic mass is 31.1. The van der Waals surface area contributed by atoms with Crippen LogP contribution in [0.3, 0.4) is 0 Å². The van der Waals surface area contributed by atoms with Gasteiger partial charge in [0.15, 0.2) is 8.46 Å². The van der Waals surface area contributed by atoms with Crippen LogP contribution in [0.5, 0.6) is 0 Å². The molecule has 1 unspecified atom stereocenters. The van der Waals surface area contributed by atoms with Gasteiger partial charge < -0.3 is 10.2 Å². The molecule has 0 heterocycles. The van der Waals surface area contributed by atoms with Crippen molar-refractivity contribution in [2.45, 2.75) is 12.1 Å². The fourth-order valence-electron chi connectivity index (χ4n) is 1.60. The summed E-state index contributed by atoms with van der Waals surface area (Å²) < 4.78 is 9.94. The van der Waals surface area contributed by atoms with Gasteiger partial charge in [-0.25, -0.2) is 0 Å². The molecule has 0 aliphatic carbocycles. The van der Waals surface area contributed by atoms with Gasteiger partial charge in [-0.05, 0) is 11.1 Å². The number of hydrogen-bond donors (Lipinski definition) is 2. The van der Waals surface area contributed by atoms with E-state index in [-0.39, 0.29) is 0 Å². The number of hydrogen-bond acceptors (Lipinski definition) is 3. The van der Waals surface area contributed by atoms with Crippen molar-refractivity contribution >= 4 is 20.4 Å². The van der Waals surface area contributed by atoms with Gasteiger partial charge in [0.25, 0.3) is 0 Å². The van der Waals surface area contributed by atoms with E-state index in [4.69, 9.17) is 10.2 Å². The molecule has 22 heavy (non-hydrogen) atoms. The average molecular weight is 318 g/mol. The van der Waals surface area contributed by atoms with Gasteiger partial charge in [-0.2, -0.15) is 0 Å². The second kappa shape index (κ2) is 9.42. The van der Waals surface area contributed by atoms with Crippen molar-refractivity contribution in [3.63, 3.8) is 0 Å². The van der Waals surface area contributed by atoms with E-state index in [2.05, 4.69) is 48.5 Å². The van der Waals surface area contributed by atoms with E-state index < -0.39 is 32.5 Å². The molecule has 114 valence electrons. The maximum Gasteiger partial charge on any atom is 0.318 e. The molecule has 0 saturated carbocycles. The van der Waals surface area contributed by atoms with Gasteiger partial charge in [0.2, 0.25) is 0 Å². The summed E-state index contributed by atoms with van der Waals surface area (Å²) in [5, 5.41) is 16.2. The molecule has 0 aliphatic heterocycles. The molecule has 0 aliphatic rings. The molecular weight excluding hydrogens is 303 g/mol. The van der Waals surface area contributed by atoms with E-state index in [9.17, 15) is 14.2 Å². The molecule has 0 saturated heterocycles. The Morgan fingerprint density at radius 1 is 0.864 bits per heavy atom. The van der Waals surface area contributed by atoms with Crippen molar-refractivity contribution < 1.29 is 24.4 Å². The summed E-state index contributed by atoms with van der Waals surface area (Å²) in [5.41, 5.74) is 1.23. The van der Waals surface area contributed by atoms with E-state index >= 15 is 0 Å². The highest BCUT2D eigenvalue weighted by Crippen LogP contribution is 2.17. The number of rotatable bonds is 5. The molecule has 0 radical (unpaired) electrons. The SMILES string of the molecule is O=PC(CC(=O)O)C(=O)O.c1ccc(-c2ccccc2)cc1. The lowest BCUT2D eigenvalue weighted by Gasteiger charge is -1.98. The Morgan fingerprint density at radius 3 is 1.50 bits per heavy atom. The molecule has 0 amide bonds. The van der Waals surface area contributed by atoms with Crippen LogP contribution in [0.4, 0.5) is 0 Å². The van der Waals surface area contributed by atoms with Crippen molar-refractivity contribution in [3.05, 3.63) is 60.7 Å². The first kappa shape index (κ1) is 17.5. The van der Waals surface area contributed by atoms with Crippen molar-refractivity contribution in [2.24, 2.45) is 0 Å². The quantitative estimate of drug-likeness (QED) is 0.822. The Morgan fingerprint density at radius 2 is 1.27 bits per heavy atom. The first-order chi connectivity index (χ1) is 10.5. The molecular formula is C16H15O5P. The van der Waals surface area contributed by atoms with E-state index in [1.54, 1.807) is 0 Å². The third-order valence-corrected chi connectivity index (χ3v) is 3.32. The number of carbonyl (C=O) groups is 2. The zero-order chi connectivity index (χ0) is 16.4. The van der Waals surface area contributed by atoms with E-state index in [0.29, 0.717) is 0 Å². The second-order valence-electron chi connectivity index (χ2n) is 4.29. The summed E-state index contributed by atoms with van der Waals surface area (Å²) in [7, 11) is -0.666. The zero-order valence-corrected chi connectivity index (χ0v) is 12.5. The zero-order valence-electron chi connectivity index (χ0n) is 11.6. The van der Waals surface area contributed by atoms with Gasteiger partial charge in [-0.1, -0.05) is 60.7 Å². The molecule has 5 nitrogen and oxygen atoms in total. The maximum absolute atomic E-state index is 10.00. The Labute approximate surface area is 129 Å². The van der Waals surface area contributed by atoms with Gasteiger partial charge in [0, 0.05) is 0 Å². The molecule has 1 atom stereocenters. The van der Waals surface area contributed by atoms with Crippen molar-refractivity contribution in [1.82, 2.24) is 0 Å². The first-order valence-electron chi connectivity index (χ1n) is 6.42. The topological polar surface area (TPSA) is 91.7 Å². The van der Waals surface area contributed by atoms with Crippen molar-refractivity contribution in [2.75, 3.05) is 0 Å². The van der Waals surface area contributed by atoms with Crippen LogP contribution < -0.4 is 0 Å². The predicted octanol–water partition coefficient (Wildman–Crippen LogP) is 3.56. The van der Waals surface area contributed by atoms with Gasteiger partial charge in [-0.15, -0.1) is 0 Å². The normalized spacial score (nSPS) is 11.1. The second-order valence-corrected chi connectivity index (χ2v) is 5.12. The fourth-order valence-corrected chi connectivity index (χ4v) is 1.92. The lowest BCUT2D eigenvalue weighted by atomic mass is 10.1. The first-order valence-corrected chi connectivity index (χ1v) is 7.30. The Bertz CT molecular complexity index is 575. The minimum absolute atomic E-state index is 0.611. The van der Waals surface area contributed by atoms with Crippen LogP contribution in [0.1, 0.15) is 6.42 Å². The van der Waals surface area contributed by atoms with Crippen molar-refractivity contribution in [3.8, 4) is 11.1 Å². The van der Waals surface area contributed by atoms with Gasteiger partial charge >= 0.3 is 11.9 Å². The van der Waals surface area contributed by atoms with Crippen LogP contribution in [0, 0.1) is 0 Å². The van der Waals surface area contributed by atoms with Crippen LogP contribution in [0.15, 0.2) is 60.7 Å². The lowest BCUT2D eigenvalue weighted by Crippen LogP contribution is -2.17. The molecule has 6 heteroatoms. The number of aliphatic carboxylic acids is 2. The summed E-state index contributed by atoms with van der Waals surface area (Å²) in [6.45, 7) is 0. The number of benzene rings is 2. The van der Waals surface area contributed by atoms with Crippen LogP contribution in [0.25, 0.3) is 11.1 Å². The fraction of sp³-hybridized carbons (Fsp3) is 0.125. The Balaban J connectivity index is 0.000000225. The summed E-state index contributed by atoms with van der Waals surface area (Å²) >= 11 is 0. The van der Waals surface area contributed by atoms with E-state index in [0.717, 1.165) is 0 Å². The summed E-state index contributed by atoms with van der Waals surface area (Å²) in [6.07, 6.45) is -0.611. The number of carboxylic acids is 2. The molecule has 0 bridgehead atoms. The molecule has 2 aromatic carbocycles.